The Morgan fingerprint density at radius 2 is 1.90 bits per heavy atom. The largest absolute Gasteiger partial charge is 0.448 e. The highest BCUT2D eigenvalue weighted by Gasteiger charge is 2.21. The summed E-state index contributed by atoms with van der Waals surface area (Å²) < 4.78 is 6.85. The molecule has 0 aliphatic carbocycles. The van der Waals surface area contributed by atoms with E-state index in [9.17, 15) is 14.4 Å². The van der Waals surface area contributed by atoms with Gasteiger partial charge in [-0.2, -0.15) is 0 Å². The Balaban J connectivity index is 1.33. The van der Waals surface area contributed by atoms with Crippen molar-refractivity contribution in [3.8, 4) is 0 Å². The summed E-state index contributed by atoms with van der Waals surface area (Å²) in [5, 5.41) is 3.52. The van der Waals surface area contributed by atoms with Crippen molar-refractivity contribution in [1.29, 1.82) is 0 Å². The minimum absolute atomic E-state index is 0.111. The summed E-state index contributed by atoms with van der Waals surface area (Å²) in [6.45, 7) is 0.524. The van der Waals surface area contributed by atoms with Crippen molar-refractivity contribution in [3.63, 3.8) is 0 Å². The third-order valence-electron chi connectivity index (χ3n) is 5.20. The van der Waals surface area contributed by atoms with Gasteiger partial charge in [-0.3, -0.25) is 19.0 Å². The first kappa shape index (κ1) is 18.1. The number of benzene rings is 2. The fraction of sp³-hybridized carbons (Fsp3) is 0.182. The van der Waals surface area contributed by atoms with Gasteiger partial charge in [-0.15, -0.1) is 0 Å². The van der Waals surface area contributed by atoms with Crippen molar-refractivity contribution in [2.24, 2.45) is 0 Å². The highest BCUT2D eigenvalue weighted by Crippen LogP contribution is 2.24. The lowest BCUT2D eigenvalue weighted by atomic mass is 10.2. The summed E-state index contributed by atoms with van der Waals surface area (Å²) in [5.41, 5.74) is 2.18. The third-order valence-corrected chi connectivity index (χ3v) is 5.20. The SMILES string of the molecule is O=C(Cn1cnc2c(oc3ccccc32)c1=O)Nc1ccc(N2CCCC2=O)cc1. The molecule has 1 aliphatic heterocycles. The van der Waals surface area contributed by atoms with Gasteiger partial charge in [0.05, 0.1) is 6.33 Å². The molecule has 1 fully saturated rings. The van der Waals surface area contributed by atoms with Crippen LogP contribution in [0.2, 0.25) is 0 Å². The minimum atomic E-state index is -0.408. The maximum atomic E-state index is 12.7. The van der Waals surface area contributed by atoms with Crippen LogP contribution < -0.4 is 15.8 Å². The molecule has 5 rings (SSSR count). The van der Waals surface area contributed by atoms with E-state index in [1.807, 2.05) is 18.2 Å². The number of nitrogens with zero attached hydrogens (tertiary/aromatic N) is 3. The number of hydrogen-bond acceptors (Lipinski definition) is 5. The first-order chi connectivity index (χ1) is 14.6. The molecule has 4 aromatic rings. The number of carbonyl (C=O) groups is 2. The van der Waals surface area contributed by atoms with Crippen LogP contribution in [-0.4, -0.2) is 27.9 Å². The van der Waals surface area contributed by atoms with Crippen LogP contribution >= 0.6 is 0 Å². The first-order valence-corrected chi connectivity index (χ1v) is 9.67. The van der Waals surface area contributed by atoms with Gasteiger partial charge in [0, 0.05) is 29.7 Å². The minimum Gasteiger partial charge on any atom is -0.448 e. The molecule has 1 aliphatic rings. The first-order valence-electron chi connectivity index (χ1n) is 9.67. The van der Waals surface area contributed by atoms with Crippen LogP contribution in [0.5, 0.6) is 0 Å². The second-order valence-corrected chi connectivity index (χ2v) is 7.20. The molecule has 0 bridgehead atoms. The molecule has 2 amide bonds. The molecule has 0 atom stereocenters. The molecule has 1 N–H and O–H groups in total. The van der Waals surface area contributed by atoms with Gasteiger partial charge in [0.1, 0.15) is 17.6 Å². The quantitative estimate of drug-likeness (QED) is 0.566. The molecule has 8 heteroatoms. The van der Waals surface area contributed by atoms with E-state index in [2.05, 4.69) is 10.3 Å². The number of nitrogens with one attached hydrogen (secondary N) is 1. The zero-order chi connectivity index (χ0) is 20.7. The molecule has 0 unspecified atom stereocenters. The van der Waals surface area contributed by atoms with Crippen molar-refractivity contribution in [3.05, 3.63) is 65.2 Å². The molecular formula is C22H18N4O4. The molecule has 0 spiro atoms. The highest BCUT2D eigenvalue weighted by molar-refractivity contribution is 6.02. The van der Waals surface area contributed by atoms with E-state index in [-0.39, 0.29) is 23.9 Å². The van der Waals surface area contributed by atoms with Crippen LogP contribution in [0.1, 0.15) is 12.8 Å². The van der Waals surface area contributed by atoms with Crippen LogP contribution in [0, 0.1) is 0 Å². The zero-order valence-corrected chi connectivity index (χ0v) is 16.0. The zero-order valence-electron chi connectivity index (χ0n) is 16.0. The molecular weight excluding hydrogens is 384 g/mol. The Kier molecular flexibility index (Phi) is 4.31. The Labute approximate surface area is 170 Å². The van der Waals surface area contributed by atoms with Crippen LogP contribution in [0.3, 0.4) is 0 Å². The number of hydrogen-bond donors (Lipinski definition) is 1. The van der Waals surface area contributed by atoms with Gasteiger partial charge in [0.2, 0.25) is 17.4 Å². The van der Waals surface area contributed by atoms with E-state index in [1.54, 1.807) is 35.2 Å². The van der Waals surface area contributed by atoms with Gasteiger partial charge < -0.3 is 14.6 Å². The summed E-state index contributed by atoms with van der Waals surface area (Å²) in [5.74, 6) is -0.251. The van der Waals surface area contributed by atoms with E-state index >= 15 is 0 Å². The Hall–Kier alpha value is -3.94. The van der Waals surface area contributed by atoms with E-state index in [0.717, 1.165) is 17.5 Å². The van der Waals surface area contributed by atoms with Crippen LogP contribution in [0.15, 0.2) is 64.1 Å². The van der Waals surface area contributed by atoms with Crippen molar-refractivity contribution >= 4 is 45.3 Å². The second kappa shape index (κ2) is 7.14. The molecule has 150 valence electrons. The molecule has 0 radical (unpaired) electrons. The smallest absolute Gasteiger partial charge is 0.297 e. The summed E-state index contributed by atoms with van der Waals surface area (Å²) in [7, 11) is 0. The normalized spacial score (nSPS) is 14.0. The standard InChI is InChI=1S/C22H18N4O4/c27-18(24-14-7-9-15(10-8-14)26-11-3-6-19(26)28)12-25-13-23-20-16-4-1-2-5-17(16)30-21(20)22(25)29/h1-2,4-5,7-10,13H,3,6,11-12H2,(H,24,27). The molecule has 8 nitrogen and oxygen atoms in total. The lowest BCUT2D eigenvalue weighted by Gasteiger charge is -2.16. The summed E-state index contributed by atoms with van der Waals surface area (Å²) >= 11 is 0. The number of para-hydroxylation sites is 1. The van der Waals surface area contributed by atoms with Gasteiger partial charge in [0.15, 0.2) is 0 Å². The van der Waals surface area contributed by atoms with Crippen molar-refractivity contribution in [1.82, 2.24) is 9.55 Å². The molecule has 30 heavy (non-hydrogen) atoms. The Morgan fingerprint density at radius 3 is 2.67 bits per heavy atom. The van der Waals surface area contributed by atoms with Crippen LogP contribution in [0.25, 0.3) is 22.1 Å². The number of anilines is 2. The second-order valence-electron chi connectivity index (χ2n) is 7.20. The number of aromatic nitrogens is 2. The summed E-state index contributed by atoms with van der Waals surface area (Å²) in [6.07, 6.45) is 2.78. The lowest BCUT2D eigenvalue weighted by molar-refractivity contribution is -0.117. The average Bonchev–Trinajstić information content (AvgIpc) is 3.35. The predicted molar refractivity (Wildman–Crippen MR) is 112 cm³/mol. The number of fused-ring (bicyclic) bond motifs is 3. The number of rotatable bonds is 4. The number of furan rings is 1. The van der Waals surface area contributed by atoms with Crippen LogP contribution in [0.4, 0.5) is 11.4 Å². The molecule has 2 aromatic heterocycles. The molecule has 1 saturated heterocycles. The molecule has 2 aromatic carbocycles. The number of amides is 2. The van der Waals surface area contributed by atoms with Crippen LogP contribution in [-0.2, 0) is 16.1 Å². The van der Waals surface area contributed by atoms with Crippen molar-refractivity contribution < 1.29 is 14.0 Å². The van der Waals surface area contributed by atoms with E-state index < -0.39 is 5.56 Å². The lowest BCUT2D eigenvalue weighted by Crippen LogP contribution is -2.27. The van der Waals surface area contributed by atoms with Gasteiger partial charge in [-0.05, 0) is 42.8 Å². The maximum Gasteiger partial charge on any atom is 0.297 e. The fourth-order valence-electron chi connectivity index (χ4n) is 3.73. The van der Waals surface area contributed by atoms with E-state index in [1.165, 1.54) is 10.9 Å². The summed E-state index contributed by atoms with van der Waals surface area (Å²) in [4.78, 5) is 43.0. The van der Waals surface area contributed by atoms with E-state index in [0.29, 0.717) is 29.8 Å². The topological polar surface area (TPSA) is 97.4 Å². The van der Waals surface area contributed by atoms with Gasteiger partial charge in [-0.25, -0.2) is 4.98 Å². The van der Waals surface area contributed by atoms with Gasteiger partial charge >= 0.3 is 0 Å². The monoisotopic (exact) mass is 402 g/mol. The number of carbonyl (C=O) groups excluding carboxylic acids is 2. The molecule has 0 saturated carbocycles. The summed E-state index contributed by atoms with van der Waals surface area (Å²) in [6, 6.07) is 14.4. The van der Waals surface area contributed by atoms with Crippen molar-refractivity contribution in [2.45, 2.75) is 19.4 Å². The van der Waals surface area contributed by atoms with Gasteiger partial charge in [0.25, 0.3) is 5.56 Å². The average molecular weight is 402 g/mol. The van der Waals surface area contributed by atoms with Gasteiger partial charge in [-0.1, -0.05) is 12.1 Å². The predicted octanol–water partition coefficient (Wildman–Crippen LogP) is 2.91. The van der Waals surface area contributed by atoms with E-state index in [4.69, 9.17) is 4.42 Å². The highest BCUT2D eigenvalue weighted by atomic mass is 16.3. The fourth-order valence-corrected chi connectivity index (χ4v) is 3.73. The maximum absolute atomic E-state index is 12.7. The Bertz CT molecular complexity index is 1340. The Morgan fingerprint density at radius 1 is 1.10 bits per heavy atom. The third kappa shape index (κ3) is 3.12. The van der Waals surface area contributed by atoms with Crippen molar-refractivity contribution in [2.75, 3.05) is 16.8 Å². The molecule has 3 heterocycles.